The van der Waals surface area contributed by atoms with Gasteiger partial charge < -0.3 is 10.1 Å². The number of sulfonamides is 1. The molecule has 1 amide bonds. The van der Waals surface area contributed by atoms with E-state index in [2.05, 4.69) is 10.2 Å². The molecule has 2 rings (SSSR count). The number of hydrogen-bond donors (Lipinski definition) is 1. The van der Waals surface area contributed by atoms with E-state index in [0.717, 1.165) is 65.0 Å². The van der Waals surface area contributed by atoms with E-state index >= 15 is 0 Å². The van der Waals surface area contributed by atoms with Gasteiger partial charge in [-0.2, -0.15) is 4.31 Å². The highest BCUT2D eigenvalue weighted by atomic mass is 32.2. The number of nitrogens with one attached hydrogen (secondary N) is 1. The topological polar surface area (TPSA) is 79.0 Å². The van der Waals surface area contributed by atoms with Crippen LogP contribution in [0.1, 0.15) is 32.1 Å². The number of ether oxygens (including phenoxy) is 1. The molecule has 134 valence electrons. The summed E-state index contributed by atoms with van der Waals surface area (Å²) in [6.45, 7) is 4.49. The third-order valence-corrected chi connectivity index (χ3v) is 5.84. The molecule has 1 aliphatic carbocycles. The SMILES string of the molecule is CS(=O)(=O)N(CC(=O)NCCN1CCOCC1)C1CCCCC1. The second kappa shape index (κ2) is 8.96. The number of rotatable bonds is 7. The van der Waals surface area contributed by atoms with E-state index in [-0.39, 0.29) is 18.5 Å². The first-order valence-corrected chi connectivity index (χ1v) is 10.4. The minimum absolute atomic E-state index is 0.0243. The zero-order valence-electron chi connectivity index (χ0n) is 14.0. The summed E-state index contributed by atoms with van der Waals surface area (Å²) in [6, 6.07) is -0.0243. The molecule has 0 aromatic carbocycles. The highest BCUT2D eigenvalue weighted by molar-refractivity contribution is 7.88. The normalized spacial score (nSPS) is 21.5. The molecule has 0 aromatic heterocycles. The molecule has 1 aliphatic heterocycles. The Balaban J connectivity index is 1.77. The zero-order chi connectivity index (χ0) is 16.7. The Bertz CT molecular complexity index is 471. The van der Waals surface area contributed by atoms with E-state index in [0.29, 0.717) is 6.54 Å². The van der Waals surface area contributed by atoms with Crippen LogP contribution in [0.4, 0.5) is 0 Å². The largest absolute Gasteiger partial charge is 0.379 e. The van der Waals surface area contributed by atoms with Crippen molar-refractivity contribution in [3.05, 3.63) is 0 Å². The molecule has 1 saturated carbocycles. The first-order chi connectivity index (χ1) is 11.0. The monoisotopic (exact) mass is 347 g/mol. The van der Waals surface area contributed by atoms with Crippen LogP contribution in [0.15, 0.2) is 0 Å². The third-order valence-electron chi connectivity index (χ3n) is 4.56. The molecular formula is C15H29N3O4S. The average Bonchev–Trinajstić information content (AvgIpc) is 2.53. The summed E-state index contributed by atoms with van der Waals surface area (Å²) in [5, 5.41) is 2.84. The van der Waals surface area contributed by atoms with Gasteiger partial charge in [-0.15, -0.1) is 0 Å². The maximum atomic E-state index is 12.1. The van der Waals surface area contributed by atoms with Crippen molar-refractivity contribution >= 4 is 15.9 Å². The molecular weight excluding hydrogens is 318 g/mol. The van der Waals surface area contributed by atoms with Crippen molar-refractivity contribution in [2.75, 3.05) is 52.2 Å². The summed E-state index contributed by atoms with van der Waals surface area (Å²) >= 11 is 0. The Morgan fingerprint density at radius 2 is 1.87 bits per heavy atom. The molecule has 1 saturated heterocycles. The Morgan fingerprint density at radius 3 is 2.48 bits per heavy atom. The van der Waals surface area contributed by atoms with Gasteiger partial charge in [-0.3, -0.25) is 9.69 Å². The first-order valence-electron chi connectivity index (χ1n) is 8.50. The van der Waals surface area contributed by atoms with Crippen LogP contribution in [0.5, 0.6) is 0 Å². The van der Waals surface area contributed by atoms with Crippen LogP contribution in [-0.2, 0) is 19.6 Å². The van der Waals surface area contributed by atoms with E-state index in [1.807, 2.05) is 0 Å². The molecule has 2 fully saturated rings. The second-order valence-corrected chi connectivity index (χ2v) is 8.34. The predicted molar refractivity (Wildman–Crippen MR) is 88.7 cm³/mol. The lowest BCUT2D eigenvalue weighted by atomic mass is 9.95. The molecule has 7 nitrogen and oxygen atoms in total. The first kappa shape index (κ1) is 18.6. The number of carbonyl (C=O) groups is 1. The summed E-state index contributed by atoms with van der Waals surface area (Å²) in [6.07, 6.45) is 6.13. The lowest BCUT2D eigenvalue weighted by molar-refractivity contribution is -0.121. The maximum absolute atomic E-state index is 12.1. The van der Waals surface area contributed by atoms with Crippen molar-refractivity contribution < 1.29 is 17.9 Å². The van der Waals surface area contributed by atoms with Crippen LogP contribution in [0.25, 0.3) is 0 Å². The van der Waals surface area contributed by atoms with Crippen molar-refractivity contribution in [2.45, 2.75) is 38.1 Å². The molecule has 23 heavy (non-hydrogen) atoms. The Morgan fingerprint density at radius 1 is 1.22 bits per heavy atom. The van der Waals surface area contributed by atoms with E-state index in [1.54, 1.807) is 0 Å². The summed E-state index contributed by atoms with van der Waals surface area (Å²) < 4.78 is 30.7. The van der Waals surface area contributed by atoms with Gasteiger partial charge in [0.25, 0.3) is 0 Å². The minimum Gasteiger partial charge on any atom is -0.379 e. The van der Waals surface area contributed by atoms with Crippen molar-refractivity contribution in [3.63, 3.8) is 0 Å². The van der Waals surface area contributed by atoms with Gasteiger partial charge >= 0.3 is 0 Å². The van der Waals surface area contributed by atoms with Crippen LogP contribution in [0.3, 0.4) is 0 Å². The van der Waals surface area contributed by atoms with Gasteiger partial charge in [0.1, 0.15) is 0 Å². The summed E-state index contributed by atoms with van der Waals surface area (Å²) in [5.41, 5.74) is 0. The van der Waals surface area contributed by atoms with E-state index < -0.39 is 10.0 Å². The fraction of sp³-hybridized carbons (Fsp3) is 0.933. The second-order valence-electron chi connectivity index (χ2n) is 6.40. The van der Waals surface area contributed by atoms with Crippen LogP contribution >= 0.6 is 0 Å². The van der Waals surface area contributed by atoms with Crippen LogP contribution in [0, 0.1) is 0 Å². The number of morpholine rings is 1. The van der Waals surface area contributed by atoms with Gasteiger partial charge in [0.2, 0.25) is 15.9 Å². The van der Waals surface area contributed by atoms with E-state index in [4.69, 9.17) is 4.74 Å². The molecule has 0 aromatic rings. The molecule has 0 atom stereocenters. The van der Waals surface area contributed by atoms with Gasteiger partial charge in [-0.1, -0.05) is 19.3 Å². The number of nitrogens with zero attached hydrogens (tertiary/aromatic N) is 2. The molecule has 0 unspecified atom stereocenters. The fourth-order valence-electron chi connectivity index (χ4n) is 3.26. The molecule has 0 spiro atoms. The van der Waals surface area contributed by atoms with Crippen LogP contribution in [0.2, 0.25) is 0 Å². The van der Waals surface area contributed by atoms with Gasteiger partial charge in [0.15, 0.2) is 0 Å². The van der Waals surface area contributed by atoms with Gasteiger partial charge in [0.05, 0.1) is 26.0 Å². The average molecular weight is 347 g/mol. The molecule has 2 aliphatic rings. The number of carbonyl (C=O) groups excluding carboxylic acids is 1. The highest BCUT2D eigenvalue weighted by Gasteiger charge is 2.29. The molecule has 1 N–H and O–H groups in total. The summed E-state index contributed by atoms with van der Waals surface area (Å²) in [5.74, 6) is -0.214. The Labute approximate surface area is 139 Å². The lowest BCUT2D eigenvalue weighted by Crippen LogP contribution is -2.48. The Hall–Kier alpha value is -0.700. The fourth-order valence-corrected chi connectivity index (χ4v) is 4.37. The maximum Gasteiger partial charge on any atom is 0.235 e. The molecule has 0 bridgehead atoms. The third kappa shape index (κ3) is 6.37. The van der Waals surface area contributed by atoms with Crippen LogP contribution < -0.4 is 5.32 Å². The van der Waals surface area contributed by atoms with Gasteiger partial charge in [0, 0.05) is 32.2 Å². The Kier molecular flexibility index (Phi) is 7.26. The van der Waals surface area contributed by atoms with Crippen molar-refractivity contribution in [1.82, 2.24) is 14.5 Å². The van der Waals surface area contributed by atoms with Gasteiger partial charge in [-0.05, 0) is 12.8 Å². The smallest absolute Gasteiger partial charge is 0.235 e. The predicted octanol–water partition coefficient (Wildman–Crippen LogP) is 0.0291. The number of hydrogen-bond acceptors (Lipinski definition) is 5. The zero-order valence-corrected chi connectivity index (χ0v) is 14.8. The van der Waals surface area contributed by atoms with Crippen LogP contribution in [-0.4, -0.2) is 81.8 Å². The van der Waals surface area contributed by atoms with Crippen molar-refractivity contribution in [3.8, 4) is 0 Å². The summed E-state index contributed by atoms with van der Waals surface area (Å²) in [7, 11) is -3.36. The minimum atomic E-state index is -3.36. The molecule has 1 heterocycles. The van der Waals surface area contributed by atoms with E-state index in [9.17, 15) is 13.2 Å². The van der Waals surface area contributed by atoms with Gasteiger partial charge in [-0.25, -0.2) is 8.42 Å². The summed E-state index contributed by atoms with van der Waals surface area (Å²) in [4.78, 5) is 14.4. The number of amides is 1. The lowest BCUT2D eigenvalue weighted by Gasteiger charge is -2.32. The molecule has 0 radical (unpaired) electrons. The quantitative estimate of drug-likeness (QED) is 0.703. The van der Waals surface area contributed by atoms with E-state index in [1.165, 1.54) is 10.6 Å². The standard InChI is InChI=1S/C15H29N3O4S/c1-23(20,21)18(14-5-3-2-4-6-14)13-15(19)16-7-8-17-9-11-22-12-10-17/h14H,2-13H2,1H3,(H,16,19). The molecule has 8 heteroatoms. The van der Waals surface area contributed by atoms with Crippen molar-refractivity contribution in [2.24, 2.45) is 0 Å². The van der Waals surface area contributed by atoms with Crippen molar-refractivity contribution in [1.29, 1.82) is 0 Å². The highest BCUT2D eigenvalue weighted by Crippen LogP contribution is 2.24.